The molecule has 1 aromatic rings. The van der Waals surface area contributed by atoms with Gasteiger partial charge in [-0.1, -0.05) is 0 Å². The predicted octanol–water partition coefficient (Wildman–Crippen LogP) is 1.93. The van der Waals surface area contributed by atoms with Crippen molar-refractivity contribution in [3.63, 3.8) is 0 Å². The van der Waals surface area contributed by atoms with E-state index in [9.17, 15) is 14.7 Å². The zero-order valence-corrected chi connectivity index (χ0v) is 15.1. The van der Waals surface area contributed by atoms with Gasteiger partial charge in [0.15, 0.2) is 0 Å². The minimum atomic E-state index is -0.845. The maximum absolute atomic E-state index is 11.7. The van der Waals surface area contributed by atoms with Crippen LogP contribution in [-0.4, -0.2) is 66.1 Å². The van der Waals surface area contributed by atoms with Crippen molar-refractivity contribution in [2.45, 2.75) is 37.7 Å². The summed E-state index contributed by atoms with van der Waals surface area (Å²) >= 11 is 1.39. The van der Waals surface area contributed by atoms with Crippen molar-refractivity contribution in [2.24, 2.45) is 0 Å². The Bertz CT molecular complexity index is 679. The average molecular weight is 364 g/mol. The molecule has 6 nitrogen and oxygen atoms in total. The number of piperidine rings is 1. The number of carboxylic acid groups (broad SMARTS) is 1. The van der Waals surface area contributed by atoms with Gasteiger partial charge in [-0.2, -0.15) is 0 Å². The maximum Gasteiger partial charge on any atom is 0.345 e. The molecule has 4 rings (SSSR count). The Balaban J connectivity index is 1.40. The number of carbonyl (C=O) groups is 2. The van der Waals surface area contributed by atoms with E-state index < -0.39 is 5.97 Å². The van der Waals surface area contributed by atoms with Gasteiger partial charge >= 0.3 is 5.97 Å². The van der Waals surface area contributed by atoms with Gasteiger partial charge in [-0.3, -0.25) is 4.79 Å². The van der Waals surface area contributed by atoms with Gasteiger partial charge in [0.25, 0.3) is 0 Å². The van der Waals surface area contributed by atoms with Crippen LogP contribution in [0.5, 0.6) is 0 Å². The van der Waals surface area contributed by atoms with E-state index in [-0.39, 0.29) is 11.5 Å². The normalized spacial score (nSPS) is 23.2. The van der Waals surface area contributed by atoms with E-state index in [4.69, 9.17) is 4.74 Å². The standard InChI is InChI=1S/C18H24N2O4S/c21-15-2-1-6-20(15)10-9-19-7-4-18(5-8-19)16-13(3-11-24-18)12-14(25-16)17(22)23/h12H,1-11H2,(H,22,23). The molecule has 1 spiro atoms. The van der Waals surface area contributed by atoms with E-state index in [1.54, 1.807) is 0 Å². The van der Waals surface area contributed by atoms with Crippen molar-refractivity contribution < 1.29 is 19.4 Å². The highest BCUT2D eigenvalue weighted by Gasteiger charge is 2.42. The van der Waals surface area contributed by atoms with Crippen LogP contribution in [0.25, 0.3) is 0 Å². The lowest BCUT2D eigenvalue weighted by Gasteiger charge is -2.44. The number of likely N-dealkylation sites (tertiary alicyclic amines) is 2. The number of aromatic carboxylic acids is 1. The number of carbonyl (C=O) groups excluding carboxylic acids is 1. The van der Waals surface area contributed by atoms with Gasteiger partial charge in [-0.05, 0) is 37.3 Å². The number of carboxylic acids is 1. The molecule has 0 unspecified atom stereocenters. The first kappa shape index (κ1) is 17.0. The topological polar surface area (TPSA) is 70.1 Å². The number of rotatable bonds is 4. The highest BCUT2D eigenvalue weighted by atomic mass is 32.1. The highest BCUT2D eigenvalue weighted by Crippen LogP contribution is 2.45. The number of thiophene rings is 1. The SMILES string of the molecule is O=C(O)c1cc2c(s1)C1(CCN(CCN3CCCC3=O)CC1)OCC2. The fraction of sp³-hybridized carbons (Fsp3) is 0.667. The molecule has 1 aromatic heterocycles. The quantitative estimate of drug-likeness (QED) is 0.884. The van der Waals surface area contributed by atoms with Gasteiger partial charge in [0.1, 0.15) is 10.5 Å². The Morgan fingerprint density at radius 2 is 2.04 bits per heavy atom. The summed E-state index contributed by atoms with van der Waals surface area (Å²) < 4.78 is 6.20. The summed E-state index contributed by atoms with van der Waals surface area (Å²) in [5, 5.41) is 9.29. The van der Waals surface area contributed by atoms with Crippen LogP contribution in [0.3, 0.4) is 0 Å². The lowest BCUT2D eigenvalue weighted by molar-refractivity contribution is -0.128. The van der Waals surface area contributed by atoms with Gasteiger partial charge < -0.3 is 19.6 Å². The van der Waals surface area contributed by atoms with E-state index in [0.29, 0.717) is 17.9 Å². The Hall–Kier alpha value is -1.44. The smallest absolute Gasteiger partial charge is 0.345 e. The van der Waals surface area contributed by atoms with Crippen molar-refractivity contribution in [3.05, 3.63) is 21.4 Å². The molecule has 0 radical (unpaired) electrons. The summed E-state index contributed by atoms with van der Waals surface area (Å²) in [7, 11) is 0. The molecule has 25 heavy (non-hydrogen) atoms. The molecule has 1 amide bonds. The monoisotopic (exact) mass is 364 g/mol. The third-order valence-corrected chi connectivity index (χ3v) is 7.06. The molecule has 3 aliphatic heterocycles. The predicted molar refractivity (Wildman–Crippen MR) is 94.1 cm³/mol. The van der Waals surface area contributed by atoms with Gasteiger partial charge in [0, 0.05) is 44.0 Å². The molecule has 4 heterocycles. The third-order valence-electron chi connectivity index (χ3n) is 5.70. The van der Waals surface area contributed by atoms with Crippen LogP contribution < -0.4 is 0 Å². The second-order valence-corrected chi connectivity index (χ2v) is 8.24. The number of fused-ring (bicyclic) bond motifs is 2. The molecular weight excluding hydrogens is 340 g/mol. The summed E-state index contributed by atoms with van der Waals surface area (Å²) in [5.74, 6) is -0.559. The summed E-state index contributed by atoms with van der Waals surface area (Å²) in [6.07, 6.45) is 4.29. The van der Waals surface area contributed by atoms with Crippen LogP contribution in [0.15, 0.2) is 6.07 Å². The molecule has 0 atom stereocenters. The molecule has 2 saturated heterocycles. The molecule has 0 saturated carbocycles. The minimum absolute atomic E-state index is 0.286. The van der Waals surface area contributed by atoms with Crippen LogP contribution >= 0.6 is 11.3 Å². The van der Waals surface area contributed by atoms with Crippen molar-refractivity contribution in [1.82, 2.24) is 9.80 Å². The van der Waals surface area contributed by atoms with E-state index in [0.717, 1.165) is 68.8 Å². The molecule has 2 fully saturated rings. The average Bonchev–Trinajstić information content (AvgIpc) is 3.22. The summed E-state index contributed by atoms with van der Waals surface area (Å²) in [5.41, 5.74) is 0.857. The van der Waals surface area contributed by atoms with E-state index in [2.05, 4.69) is 4.90 Å². The van der Waals surface area contributed by atoms with Gasteiger partial charge in [-0.15, -0.1) is 11.3 Å². The molecular formula is C18H24N2O4S. The molecule has 0 aliphatic carbocycles. The van der Waals surface area contributed by atoms with Gasteiger partial charge in [0.05, 0.1) is 6.61 Å². The maximum atomic E-state index is 11.7. The fourth-order valence-corrected chi connectivity index (χ4v) is 5.49. The highest BCUT2D eigenvalue weighted by molar-refractivity contribution is 7.14. The zero-order valence-electron chi connectivity index (χ0n) is 14.3. The van der Waals surface area contributed by atoms with Crippen LogP contribution in [0.2, 0.25) is 0 Å². The first-order chi connectivity index (χ1) is 12.1. The number of hydrogen-bond acceptors (Lipinski definition) is 5. The fourth-order valence-electron chi connectivity index (χ4n) is 4.24. The first-order valence-corrected chi connectivity index (χ1v) is 9.90. The van der Waals surface area contributed by atoms with Gasteiger partial charge in [-0.25, -0.2) is 4.79 Å². The summed E-state index contributed by atoms with van der Waals surface area (Å²) in [6.45, 7) is 5.17. The number of amides is 1. The second-order valence-electron chi connectivity index (χ2n) is 7.19. The van der Waals surface area contributed by atoms with E-state index in [1.807, 2.05) is 11.0 Å². The Kier molecular flexibility index (Phi) is 4.56. The lowest BCUT2D eigenvalue weighted by atomic mass is 9.85. The van der Waals surface area contributed by atoms with E-state index in [1.165, 1.54) is 11.3 Å². The van der Waals surface area contributed by atoms with Crippen molar-refractivity contribution in [2.75, 3.05) is 39.3 Å². The Morgan fingerprint density at radius 1 is 1.24 bits per heavy atom. The second kappa shape index (κ2) is 6.70. The molecule has 1 N–H and O–H groups in total. The number of nitrogens with zero attached hydrogens (tertiary/aromatic N) is 2. The third kappa shape index (κ3) is 3.20. The van der Waals surface area contributed by atoms with Crippen molar-refractivity contribution in [1.29, 1.82) is 0 Å². The van der Waals surface area contributed by atoms with Crippen LogP contribution in [0.4, 0.5) is 0 Å². The van der Waals surface area contributed by atoms with Crippen LogP contribution in [0.1, 0.15) is 45.8 Å². The molecule has 0 bridgehead atoms. The van der Waals surface area contributed by atoms with Crippen LogP contribution in [-0.2, 0) is 21.6 Å². The van der Waals surface area contributed by atoms with Crippen molar-refractivity contribution in [3.8, 4) is 0 Å². The molecule has 136 valence electrons. The Morgan fingerprint density at radius 3 is 2.72 bits per heavy atom. The molecule has 3 aliphatic rings. The minimum Gasteiger partial charge on any atom is -0.477 e. The number of ether oxygens (including phenoxy) is 1. The van der Waals surface area contributed by atoms with Crippen LogP contribution in [0, 0.1) is 0 Å². The molecule has 7 heteroatoms. The first-order valence-electron chi connectivity index (χ1n) is 9.08. The lowest BCUT2D eigenvalue weighted by Crippen LogP contribution is -2.47. The zero-order chi connectivity index (χ0) is 17.4. The summed E-state index contributed by atoms with van der Waals surface area (Å²) in [6, 6.07) is 1.83. The van der Waals surface area contributed by atoms with Gasteiger partial charge in [0.2, 0.25) is 5.91 Å². The van der Waals surface area contributed by atoms with E-state index >= 15 is 0 Å². The number of hydrogen-bond donors (Lipinski definition) is 1. The summed E-state index contributed by atoms with van der Waals surface area (Å²) in [4.78, 5) is 29.0. The largest absolute Gasteiger partial charge is 0.477 e. The molecule has 0 aromatic carbocycles. The van der Waals surface area contributed by atoms with Crippen molar-refractivity contribution >= 4 is 23.2 Å². The Labute approximate surface area is 151 Å².